The van der Waals surface area contributed by atoms with Gasteiger partial charge >= 0.3 is 5.97 Å². The van der Waals surface area contributed by atoms with Crippen LogP contribution in [0.1, 0.15) is 25.3 Å². The maximum absolute atomic E-state index is 12.0. The fraction of sp³-hybridized carbons (Fsp3) is 0.500. The van der Waals surface area contributed by atoms with E-state index in [4.69, 9.17) is 14.6 Å². The van der Waals surface area contributed by atoms with E-state index in [1.165, 1.54) is 18.9 Å². The van der Waals surface area contributed by atoms with Gasteiger partial charge in [-0.05, 0) is 31.0 Å². The first kappa shape index (κ1) is 16.1. The first-order valence-electron chi connectivity index (χ1n) is 7.36. The van der Waals surface area contributed by atoms with Crippen molar-refractivity contribution in [3.05, 3.63) is 23.8 Å². The van der Waals surface area contributed by atoms with E-state index < -0.39 is 12.0 Å². The van der Waals surface area contributed by atoms with Crippen LogP contribution in [0.5, 0.6) is 11.5 Å². The van der Waals surface area contributed by atoms with Crippen LogP contribution >= 0.6 is 0 Å². The number of amides is 1. The Balaban J connectivity index is 1.95. The van der Waals surface area contributed by atoms with Crippen molar-refractivity contribution in [2.24, 2.45) is 0 Å². The third kappa shape index (κ3) is 3.90. The summed E-state index contributed by atoms with van der Waals surface area (Å²) < 4.78 is 11.2. The first-order chi connectivity index (χ1) is 10.5. The lowest BCUT2D eigenvalue weighted by Gasteiger charge is -2.21. The number of benzene rings is 1. The van der Waals surface area contributed by atoms with Crippen LogP contribution in [0.15, 0.2) is 18.2 Å². The lowest BCUT2D eigenvalue weighted by Crippen LogP contribution is -2.40. The Kier molecular flexibility index (Phi) is 5.25. The number of likely N-dealkylation sites (N-methyl/N-ethyl adjacent to an activating group) is 1. The second-order valence-electron chi connectivity index (χ2n) is 5.35. The van der Waals surface area contributed by atoms with E-state index >= 15 is 0 Å². The predicted octanol–water partition coefficient (Wildman–Crippen LogP) is 1.71. The van der Waals surface area contributed by atoms with Gasteiger partial charge in [0, 0.05) is 19.9 Å². The minimum atomic E-state index is -1.01. The van der Waals surface area contributed by atoms with Gasteiger partial charge in [0.2, 0.25) is 5.91 Å². The first-order valence-corrected chi connectivity index (χ1v) is 7.36. The van der Waals surface area contributed by atoms with Gasteiger partial charge in [-0.2, -0.15) is 0 Å². The smallest absolute Gasteiger partial charge is 0.326 e. The molecule has 0 saturated heterocycles. The van der Waals surface area contributed by atoms with E-state index in [2.05, 4.69) is 0 Å². The number of aryl methyl sites for hydroxylation is 1. The van der Waals surface area contributed by atoms with E-state index in [0.29, 0.717) is 25.4 Å². The minimum Gasteiger partial charge on any atom is -0.490 e. The van der Waals surface area contributed by atoms with Crippen molar-refractivity contribution in [3.8, 4) is 11.5 Å². The molecule has 0 aromatic heterocycles. The third-order valence-corrected chi connectivity index (χ3v) is 3.77. The van der Waals surface area contributed by atoms with Gasteiger partial charge in [0.05, 0.1) is 13.2 Å². The summed E-state index contributed by atoms with van der Waals surface area (Å²) in [7, 11) is 1.51. The van der Waals surface area contributed by atoms with E-state index in [1.807, 2.05) is 18.2 Å². The van der Waals surface area contributed by atoms with Crippen molar-refractivity contribution in [3.63, 3.8) is 0 Å². The van der Waals surface area contributed by atoms with Crippen molar-refractivity contribution >= 4 is 11.9 Å². The third-order valence-electron chi connectivity index (χ3n) is 3.77. The standard InChI is InChI=1S/C16H21NO5/c1-11(16(19)20)17(2)15(18)7-5-12-4-6-13-14(10-12)22-9-3-8-21-13/h4,6,10-11H,3,5,7-9H2,1-2H3,(H,19,20)/t11-/m0/s1. The molecule has 0 fully saturated rings. The Morgan fingerprint density at radius 2 is 1.95 bits per heavy atom. The van der Waals surface area contributed by atoms with Crippen LogP contribution in [0.3, 0.4) is 0 Å². The SMILES string of the molecule is C[C@@H](C(=O)O)N(C)C(=O)CCc1ccc2c(c1)OCCCO2. The summed E-state index contributed by atoms with van der Waals surface area (Å²) in [5.74, 6) is 0.229. The van der Waals surface area contributed by atoms with Gasteiger partial charge in [0.25, 0.3) is 0 Å². The Bertz CT molecular complexity index is 557. The Labute approximate surface area is 129 Å². The fourth-order valence-corrected chi connectivity index (χ4v) is 2.17. The summed E-state index contributed by atoms with van der Waals surface area (Å²) in [4.78, 5) is 24.2. The molecule has 6 nitrogen and oxygen atoms in total. The highest BCUT2D eigenvalue weighted by molar-refractivity contribution is 5.83. The quantitative estimate of drug-likeness (QED) is 0.896. The fourth-order valence-electron chi connectivity index (χ4n) is 2.17. The maximum Gasteiger partial charge on any atom is 0.326 e. The molecule has 1 heterocycles. The summed E-state index contributed by atoms with van der Waals surface area (Å²) in [6.07, 6.45) is 1.64. The number of nitrogens with zero attached hydrogens (tertiary/aromatic N) is 1. The van der Waals surface area contributed by atoms with E-state index in [9.17, 15) is 9.59 Å². The summed E-state index contributed by atoms with van der Waals surface area (Å²) in [6, 6.07) is 4.82. The predicted molar refractivity (Wildman–Crippen MR) is 80.2 cm³/mol. The van der Waals surface area contributed by atoms with Gasteiger partial charge in [-0.1, -0.05) is 6.07 Å². The van der Waals surface area contributed by atoms with Gasteiger partial charge in [-0.3, -0.25) is 4.79 Å². The zero-order chi connectivity index (χ0) is 16.1. The van der Waals surface area contributed by atoms with Crippen LogP contribution < -0.4 is 9.47 Å². The molecule has 0 unspecified atom stereocenters. The molecule has 0 bridgehead atoms. The second-order valence-corrected chi connectivity index (χ2v) is 5.35. The van der Waals surface area contributed by atoms with Gasteiger partial charge in [-0.25, -0.2) is 4.79 Å². The lowest BCUT2D eigenvalue weighted by atomic mass is 10.1. The average molecular weight is 307 g/mol. The number of carbonyl (C=O) groups excluding carboxylic acids is 1. The van der Waals surface area contributed by atoms with Crippen LogP contribution in [-0.2, 0) is 16.0 Å². The average Bonchev–Trinajstić information content (AvgIpc) is 2.75. The Morgan fingerprint density at radius 1 is 1.27 bits per heavy atom. The molecule has 1 aliphatic heterocycles. The molecule has 1 amide bonds. The van der Waals surface area contributed by atoms with Gasteiger partial charge in [0.1, 0.15) is 6.04 Å². The number of rotatable bonds is 5. The Hall–Kier alpha value is -2.24. The lowest BCUT2D eigenvalue weighted by molar-refractivity contribution is -0.148. The van der Waals surface area contributed by atoms with Crippen molar-refractivity contribution in [2.75, 3.05) is 20.3 Å². The number of aliphatic carboxylic acids is 1. The molecule has 0 radical (unpaired) electrons. The largest absolute Gasteiger partial charge is 0.490 e. The highest BCUT2D eigenvalue weighted by Crippen LogP contribution is 2.30. The van der Waals surface area contributed by atoms with Gasteiger partial charge < -0.3 is 19.5 Å². The molecule has 1 N–H and O–H groups in total. The zero-order valence-corrected chi connectivity index (χ0v) is 12.9. The van der Waals surface area contributed by atoms with E-state index in [1.54, 1.807) is 0 Å². The molecule has 0 saturated carbocycles. The zero-order valence-electron chi connectivity index (χ0n) is 12.9. The number of hydrogen-bond acceptors (Lipinski definition) is 4. The number of carbonyl (C=O) groups is 2. The van der Waals surface area contributed by atoms with Gasteiger partial charge in [-0.15, -0.1) is 0 Å². The topological polar surface area (TPSA) is 76.1 Å². The summed E-state index contributed by atoms with van der Waals surface area (Å²) >= 11 is 0. The number of fused-ring (bicyclic) bond motifs is 1. The number of carboxylic acids is 1. The molecule has 1 atom stereocenters. The summed E-state index contributed by atoms with van der Waals surface area (Å²) in [5.41, 5.74) is 0.967. The Morgan fingerprint density at radius 3 is 2.64 bits per heavy atom. The normalized spacial score (nSPS) is 14.8. The number of hydrogen-bond donors (Lipinski definition) is 1. The van der Waals surface area contributed by atoms with Crippen LogP contribution in [-0.4, -0.2) is 48.2 Å². The highest BCUT2D eigenvalue weighted by atomic mass is 16.5. The molecule has 22 heavy (non-hydrogen) atoms. The molecule has 0 aliphatic carbocycles. The molecular weight excluding hydrogens is 286 g/mol. The van der Waals surface area contributed by atoms with Crippen LogP contribution in [0.4, 0.5) is 0 Å². The van der Waals surface area contributed by atoms with Crippen molar-refractivity contribution in [2.45, 2.75) is 32.2 Å². The summed E-state index contributed by atoms with van der Waals surface area (Å²) in [6.45, 7) is 2.75. The molecule has 0 spiro atoms. The van der Waals surface area contributed by atoms with Crippen molar-refractivity contribution in [1.29, 1.82) is 0 Å². The number of carboxylic acid groups (broad SMARTS) is 1. The molecular formula is C16H21NO5. The molecule has 120 valence electrons. The molecule has 2 rings (SSSR count). The highest BCUT2D eigenvalue weighted by Gasteiger charge is 2.21. The molecule has 1 aliphatic rings. The maximum atomic E-state index is 12.0. The van der Waals surface area contributed by atoms with Crippen LogP contribution in [0.2, 0.25) is 0 Å². The minimum absolute atomic E-state index is 0.193. The summed E-state index contributed by atoms with van der Waals surface area (Å²) in [5, 5.41) is 8.92. The molecule has 1 aromatic rings. The second kappa shape index (κ2) is 7.15. The van der Waals surface area contributed by atoms with E-state index in [-0.39, 0.29) is 12.3 Å². The molecule has 6 heteroatoms. The van der Waals surface area contributed by atoms with Crippen LogP contribution in [0.25, 0.3) is 0 Å². The van der Waals surface area contributed by atoms with Crippen molar-refractivity contribution in [1.82, 2.24) is 4.90 Å². The van der Waals surface area contributed by atoms with Crippen molar-refractivity contribution < 1.29 is 24.2 Å². The monoisotopic (exact) mass is 307 g/mol. The number of ether oxygens (including phenoxy) is 2. The van der Waals surface area contributed by atoms with Crippen LogP contribution in [0, 0.1) is 0 Å². The molecule has 1 aromatic carbocycles. The van der Waals surface area contributed by atoms with E-state index in [0.717, 1.165) is 17.7 Å². The van der Waals surface area contributed by atoms with Gasteiger partial charge in [0.15, 0.2) is 11.5 Å².